The number of halogens is 3. The summed E-state index contributed by atoms with van der Waals surface area (Å²) in [6, 6.07) is 6.84. The van der Waals surface area contributed by atoms with Gasteiger partial charge in [0.2, 0.25) is 0 Å². The highest BCUT2D eigenvalue weighted by Crippen LogP contribution is 2.39. The van der Waals surface area contributed by atoms with Crippen molar-refractivity contribution in [2.45, 2.75) is 44.7 Å². The smallest absolute Gasteiger partial charge is 0.350 e. The summed E-state index contributed by atoms with van der Waals surface area (Å²) in [6.07, 6.45) is -2.00. The van der Waals surface area contributed by atoms with Gasteiger partial charge in [-0.05, 0) is 31.9 Å². The van der Waals surface area contributed by atoms with E-state index < -0.39 is 18.4 Å². The number of hydrogen-bond donors (Lipinski definition) is 1. The molecule has 2 heterocycles. The molecule has 134 valence electrons. The molecule has 1 aromatic heterocycles. The first-order valence-electron chi connectivity index (χ1n) is 7.70. The molecule has 1 aromatic carbocycles. The molecule has 0 bridgehead atoms. The molecular weight excluding hydrogens is 335 g/mol. The van der Waals surface area contributed by atoms with Gasteiger partial charge in [0.25, 0.3) is 0 Å². The average molecular weight is 353 g/mol. The summed E-state index contributed by atoms with van der Waals surface area (Å²) in [5.41, 5.74) is 2.16. The topological polar surface area (TPSA) is 59.6 Å². The standard InChI is InChI=1S/C17H18F3N3O2/c1-15(2,3)23-10-13(9-21-23)11-4-6-12(7-5-11)14-8-16(24,25-22-14)17(18,19)20/h4-7,9-10,24H,8H2,1-3H3. The Morgan fingerprint density at radius 2 is 1.68 bits per heavy atom. The Labute approximate surface area is 142 Å². The normalized spacial score (nSPS) is 21.2. The molecule has 0 aliphatic carbocycles. The molecule has 0 fully saturated rings. The molecule has 0 saturated heterocycles. The molecule has 3 rings (SSSR count). The number of aromatic nitrogens is 2. The van der Waals surface area contributed by atoms with Crippen LogP contribution in [0.4, 0.5) is 13.2 Å². The molecule has 0 spiro atoms. The van der Waals surface area contributed by atoms with E-state index in [4.69, 9.17) is 0 Å². The van der Waals surface area contributed by atoms with E-state index >= 15 is 0 Å². The fraction of sp³-hybridized carbons (Fsp3) is 0.412. The number of aliphatic hydroxyl groups is 1. The molecule has 0 amide bonds. The lowest BCUT2D eigenvalue weighted by Gasteiger charge is -2.22. The maximum absolute atomic E-state index is 12.8. The van der Waals surface area contributed by atoms with Crippen LogP contribution >= 0.6 is 0 Å². The minimum Gasteiger partial charge on any atom is -0.350 e. The van der Waals surface area contributed by atoms with E-state index in [1.54, 1.807) is 30.5 Å². The van der Waals surface area contributed by atoms with Crippen LogP contribution in [0.1, 0.15) is 32.8 Å². The van der Waals surface area contributed by atoms with Crippen LogP contribution in [0.3, 0.4) is 0 Å². The first-order valence-corrected chi connectivity index (χ1v) is 7.70. The van der Waals surface area contributed by atoms with Gasteiger partial charge < -0.3 is 9.94 Å². The van der Waals surface area contributed by atoms with Crippen LogP contribution in [0.15, 0.2) is 41.8 Å². The summed E-state index contributed by atoms with van der Waals surface area (Å²) < 4.78 is 40.1. The lowest BCUT2D eigenvalue weighted by Crippen LogP contribution is -2.45. The van der Waals surface area contributed by atoms with Gasteiger partial charge in [-0.1, -0.05) is 29.4 Å². The zero-order valence-corrected chi connectivity index (χ0v) is 14.0. The summed E-state index contributed by atoms with van der Waals surface area (Å²) in [5, 5.41) is 17.2. The van der Waals surface area contributed by atoms with E-state index in [1.165, 1.54) is 0 Å². The van der Waals surface area contributed by atoms with Crippen molar-refractivity contribution in [3.8, 4) is 11.1 Å². The first-order chi connectivity index (χ1) is 11.5. The molecule has 5 nitrogen and oxygen atoms in total. The van der Waals surface area contributed by atoms with Crippen molar-refractivity contribution in [3.63, 3.8) is 0 Å². The third kappa shape index (κ3) is 3.26. The molecule has 1 aliphatic heterocycles. The maximum Gasteiger partial charge on any atom is 0.458 e. The molecule has 0 radical (unpaired) electrons. The monoisotopic (exact) mass is 353 g/mol. The SMILES string of the molecule is CC(C)(C)n1cc(-c2ccc(C3=NOC(O)(C(F)(F)F)C3)cc2)cn1. The lowest BCUT2D eigenvalue weighted by atomic mass is 10.00. The van der Waals surface area contributed by atoms with Gasteiger partial charge in [0, 0.05) is 11.8 Å². The first kappa shape index (κ1) is 17.5. The maximum atomic E-state index is 12.8. The van der Waals surface area contributed by atoms with Gasteiger partial charge in [0.1, 0.15) is 0 Å². The van der Waals surface area contributed by atoms with Gasteiger partial charge in [0.05, 0.1) is 23.9 Å². The van der Waals surface area contributed by atoms with Gasteiger partial charge in [-0.3, -0.25) is 4.68 Å². The second kappa shape index (κ2) is 5.59. The molecule has 1 aliphatic rings. The Hall–Kier alpha value is -2.35. The Balaban J connectivity index is 1.79. The zero-order valence-electron chi connectivity index (χ0n) is 14.0. The van der Waals surface area contributed by atoms with Crippen LogP contribution in [0.2, 0.25) is 0 Å². The molecule has 8 heteroatoms. The predicted octanol–water partition coefficient (Wildman–Crippen LogP) is 3.68. The fourth-order valence-electron chi connectivity index (χ4n) is 2.42. The van der Waals surface area contributed by atoms with Crippen LogP contribution in [0.25, 0.3) is 11.1 Å². The van der Waals surface area contributed by atoms with Gasteiger partial charge in [-0.2, -0.15) is 18.3 Å². The molecule has 1 atom stereocenters. The number of hydrogen-bond acceptors (Lipinski definition) is 4. The summed E-state index contributed by atoms with van der Waals surface area (Å²) in [6.45, 7) is 6.10. The molecular formula is C17H18F3N3O2. The van der Waals surface area contributed by atoms with Crippen molar-refractivity contribution in [1.29, 1.82) is 0 Å². The Morgan fingerprint density at radius 3 is 2.16 bits per heavy atom. The van der Waals surface area contributed by atoms with Crippen LogP contribution < -0.4 is 0 Å². The third-order valence-electron chi connectivity index (χ3n) is 3.98. The lowest BCUT2D eigenvalue weighted by molar-refractivity contribution is -0.355. The zero-order chi connectivity index (χ0) is 18.5. The van der Waals surface area contributed by atoms with Crippen molar-refractivity contribution >= 4 is 5.71 Å². The van der Waals surface area contributed by atoms with Crippen LogP contribution in [0, 0.1) is 0 Å². The van der Waals surface area contributed by atoms with Gasteiger partial charge >= 0.3 is 12.0 Å². The van der Waals surface area contributed by atoms with Crippen molar-refractivity contribution in [2.75, 3.05) is 0 Å². The van der Waals surface area contributed by atoms with E-state index in [1.807, 2.05) is 31.6 Å². The van der Waals surface area contributed by atoms with E-state index in [0.717, 1.165) is 11.1 Å². The molecule has 25 heavy (non-hydrogen) atoms. The number of benzene rings is 1. The van der Waals surface area contributed by atoms with Crippen molar-refractivity contribution in [1.82, 2.24) is 9.78 Å². The largest absolute Gasteiger partial charge is 0.458 e. The van der Waals surface area contributed by atoms with E-state index in [0.29, 0.717) is 5.56 Å². The van der Waals surface area contributed by atoms with Crippen molar-refractivity contribution in [2.24, 2.45) is 5.16 Å². The van der Waals surface area contributed by atoms with Crippen LogP contribution in [-0.2, 0) is 10.4 Å². The van der Waals surface area contributed by atoms with Crippen molar-refractivity contribution in [3.05, 3.63) is 42.2 Å². The second-order valence-corrected chi connectivity index (χ2v) is 7.01. The van der Waals surface area contributed by atoms with Gasteiger partial charge in [0.15, 0.2) is 0 Å². The third-order valence-corrected chi connectivity index (χ3v) is 3.98. The van der Waals surface area contributed by atoms with Gasteiger partial charge in [-0.15, -0.1) is 0 Å². The summed E-state index contributed by atoms with van der Waals surface area (Å²) in [5.74, 6) is -3.26. The molecule has 1 N–H and O–H groups in total. The van der Waals surface area contributed by atoms with E-state index in [2.05, 4.69) is 15.1 Å². The minimum atomic E-state index is -4.90. The number of alkyl halides is 3. The highest BCUT2D eigenvalue weighted by molar-refractivity contribution is 6.01. The molecule has 2 aromatic rings. The van der Waals surface area contributed by atoms with E-state index in [9.17, 15) is 18.3 Å². The summed E-state index contributed by atoms with van der Waals surface area (Å²) in [7, 11) is 0. The Morgan fingerprint density at radius 1 is 1.08 bits per heavy atom. The predicted molar refractivity (Wildman–Crippen MR) is 85.9 cm³/mol. The second-order valence-electron chi connectivity index (χ2n) is 7.01. The van der Waals surface area contributed by atoms with Gasteiger partial charge in [-0.25, -0.2) is 0 Å². The van der Waals surface area contributed by atoms with E-state index in [-0.39, 0.29) is 11.3 Å². The number of oxime groups is 1. The average Bonchev–Trinajstić information content (AvgIpc) is 3.14. The van der Waals surface area contributed by atoms with Crippen LogP contribution in [0.5, 0.6) is 0 Å². The fourth-order valence-corrected chi connectivity index (χ4v) is 2.42. The number of rotatable bonds is 2. The van der Waals surface area contributed by atoms with Crippen LogP contribution in [-0.4, -0.2) is 32.6 Å². The summed E-state index contributed by atoms with van der Waals surface area (Å²) in [4.78, 5) is 4.23. The van der Waals surface area contributed by atoms with Crippen molar-refractivity contribution < 1.29 is 23.1 Å². The molecule has 1 unspecified atom stereocenters. The minimum absolute atomic E-state index is 0.0526. The molecule has 0 saturated carbocycles. The summed E-state index contributed by atoms with van der Waals surface area (Å²) >= 11 is 0. The Bertz CT molecular complexity index is 804. The highest BCUT2D eigenvalue weighted by atomic mass is 19.4. The highest BCUT2D eigenvalue weighted by Gasteiger charge is 2.60. The number of nitrogens with zero attached hydrogens (tertiary/aromatic N) is 3. The Kier molecular flexibility index (Phi) is 3.90. The quantitative estimate of drug-likeness (QED) is 0.896.